The highest BCUT2D eigenvalue weighted by Gasteiger charge is 2.22. The quantitative estimate of drug-likeness (QED) is 0.793. The Hall–Kier alpha value is -0.870. The van der Waals surface area contributed by atoms with Gasteiger partial charge in [0.05, 0.1) is 17.8 Å². The van der Waals surface area contributed by atoms with Crippen LogP contribution in [0, 0.1) is 5.92 Å². The first-order chi connectivity index (χ1) is 9.97. The van der Waals surface area contributed by atoms with Crippen molar-refractivity contribution in [2.75, 3.05) is 6.54 Å². The van der Waals surface area contributed by atoms with E-state index in [9.17, 15) is 5.11 Å². The number of nitrogens with one attached hydrogen (secondary N) is 1. The first-order valence-electron chi connectivity index (χ1n) is 8.39. The molecule has 1 aromatic rings. The second-order valence-electron chi connectivity index (χ2n) is 7.39. The lowest BCUT2D eigenvalue weighted by atomic mass is 9.83. The number of aliphatic hydroxyl groups excluding tert-OH is 1. The Morgan fingerprint density at radius 1 is 1.33 bits per heavy atom. The number of rotatable bonds is 6. The smallest absolute Gasteiger partial charge is 0.0568 e. The fourth-order valence-electron chi connectivity index (χ4n) is 3.07. The summed E-state index contributed by atoms with van der Waals surface area (Å²) in [6, 6.07) is 0. The second-order valence-corrected chi connectivity index (χ2v) is 7.39. The van der Waals surface area contributed by atoms with E-state index < -0.39 is 0 Å². The van der Waals surface area contributed by atoms with Crippen LogP contribution in [0.15, 0.2) is 12.4 Å². The molecule has 2 N–H and O–H groups in total. The predicted molar refractivity (Wildman–Crippen MR) is 86.1 cm³/mol. The van der Waals surface area contributed by atoms with Gasteiger partial charge in [-0.15, -0.1) is 0 Å². The Morgan fingerprint density at radius 3 is 2.76 bits per heavy atom. The van der Waals surface area contributed by atoms with Gasteiger partial charge in [-0.3, -0.25) is 4.68 Å². The van der Waals surface area contributed by atoms with Gasteiger partial charge in [0.2, 0.25) is 0 Å². The lowest BCUT2D eigenvalue weighted by molar-refractivity contribution is 0.0643. The molecule has 1 heterocycles. The van der Waals surface area contributed by atoms with Gasteiger partial charge in [-0.25, -0.2) is 0 Å². The molecule has 2 rings (SSSR count). The molecule has 1 aliphatic rings. The Kier molecular flexibility index (Phi) is 5.82. The van der Waals surface area contributed by atoms with E-state index >= 15 is 0 Å². The van der Waals surface area contributed by atoms with Crippen LogP contribution in [-0.4, -0.2) is 27.5 Å². The first-order valence-corrected chi connectivity index (χ1v) is 8.39. The van der Waals surface area contributed by atoms with Crippen molar-refractivity contribution in [2.45, 2.75) is 77.5 Å². The van der Waals surface area contributed by atoms with Gasteiger partial charge in [0.15, 0.2) is 0 Å². The van der Waals surface area contributed by atoms with E-state index in [4.69, 9.17) is 0 Å². The molecule has 2 atom stereocenters. The fourth-order valence-corrected chi connectivity index (χ4v) is 3.07. The lowest BCUT2D eigenvalue weighted by Gasteiger charge is -2.27. The predicted octanol–water partition coefficient (Wildman–Crippen LogP) is 3.06. The third kappa shape index (κ3) is 5.11. The molecule has 1 aliphatic carbocycles. The summed E-state index contributed by atoms with van der Waals surface area (Å²) in [7, 11) is 0. The van der Waals surface area contributed by atoms with Gasteiger partial charge in [0.25, 0.3) is 0 Å². The Labute approximate surface area is 128 Å². The van der Waals surface area contributed by atoms with E-state index in [1.807, 2.05) is 10.9 Å². The molecule has 4 heteroatoms. The van der Waals surface area contributed by atoms with E-state index in [1.165, 1.54) is 24.8 Å². The van der Waals surface area contributed by atoms with Crippen LogP contribution in [0.5, 0.6) is 0 Å². The molecule has 2 unspecified atom stereocenters. The van der Waals surface area contributed by atoms with E-state index in [0.717, 1.165) is 32.4 Å². The third-order valence-corrected chi connectivity index (χ3v) is 4.45. The number of nitrogens with zero attached hydrogens (tertiary/aromatic N) is 2. The molecular weight excluding hydrogens is 262 g/mol. The molecule has 0 spiro atoms. The maximum Gasteiger partial charge on any atom is 0.0568 e. The zero-order chi connectivity index (χ0) is 15.3. The normalized spacial score (nSPS) is 23.4. The molecule has 1 saturated carbocycles. The highest BCUT2D eigenvalue weighted by Crippen LogP contribution is 2.27. The number of hydrogen-bond acceptors (Lipinski definition) is 3. The molecule has 120 valence electrons. The molecule has 1 aromatic heterocycles. The van der Waals surface area contributed by atoms with Crippen LogP contribution in [0.2, 0.25) is 0 Å². The Bertz CT molecular complexity index is 422. The Morgan fingerprint density at radius 2 is 2.10 bits per heavy atom. The summed E-state index contributed by atoms with van der Waals surface area (Å²) in [5.74, 6) is 0.532. The van der Waals surface area contributed by atoms with Crippen LogP contribution in [0.1, 0.15) is 64.9 Å². The fraction of sp³-hybridized carbons (Fsp3) is 0.824. The summed E-state index contributed by atoms with van der Waals surface area (Å²) < 4.78 is 2.02. The van der Waals surface area contributed by atoms with Crippen molar-refractivity contribution in [1.29, 1.82) is 0 Å². The maximum atomic E-state index is 9.95. The first kappa shape index (κ1) is 16.5. The minimum Gasteiger partial charge on any atom is -0.393 e. The minimum atomic E-state index is -0.0521. The van der Waals surface area contributed by atoms with Crippen molar-refractivity contribution >= 4 is 0 Å². The summed E-state index contributed by atoms with van der Waals surface area (Å²) >= 11 is 0. The van der Waals surface area contributed by atoms with Gasteiger partial charge in [-0.1, -0.05) is 12.8 Å². The van der Waals surface area contributed by atoms with Crippen molar-refractivity contribution in [3.8, 4) is 0 Å². The molecule has 0 radical (unpaired) electrons. The standard InChI is InChI=1S/C17H31N3O/c1-17(2,3)20-13-14(12-19-20)11-18-10-6-8-15-7-4-5-9-16(15)21/h12-13,15-16,18,21H,4-11H2,1-3H3. The summed E-state index contributed by atoms with van der Waals surface area (Å²) in [5.41, 5.74) is 1.29. The van der Waals surface area contributed by atoms with Crippen molar-refractivity contribution in [1.82, 2.24) is 15.1 Å². The zero-order valence-electron chi connectivity index (χ0n) is 13.8. The van der Waals surface area contributed by atoms with Crippen molar-refractivity contribution in [3.63, 3.8) is 0 Å². The number of aromatic nitrogens is 2. The zero-order valence-corrected chi connectivity index (χ0v) is 13.8. The van der Waals surface area contributed by atoms with Crippen molar-refractivity contribution in [2.24, 2.45) is 5.92 Å². The molecule has 1 fully saturated rings. The average Bonchev–Trinajstić information content (AvgIpc) is 2.89. The summed E-state index contributed by atoms with van der Waals surface area (Å²) in [6.45, 7) is 8.37. The summed E-state index contributed by atoms with van der Waals surface area (Å²) in [4.78, 5) is 0. The van der Waals surface area contributed by atoms with Crippen molar-refractivity contribution < 1.29 is 5.11 Å². The largest absolute Gasteiger partial charge is 0.393 e. The van der Waals surface area contributed by atoms with Crippen LogP contribution in [0.3, 0.4) is 0 Å². The van der Waals surface area contributed by atoms with Crippen LogP contribution in [0.4, 0.5) is 0 Å². The molecule has 0 amide bonds. The number of hydrogen-bond donors (Lipinski definition) is 2. The van der Waals surface area contributed by atoms with Crippen LogP contribution in [-0.2, 0) is 12.1 Å². The molecule has 4 nitrogen and oxygen atoms in total. The van der Waals surface area contributed by atoms with E-state index in [2.05, 4.69) is 37.4 Å². The average molecular weight is 293 g/mol. The van der Waals surface area contributed by atoms with Gasteiger partial charge in [-0.2, -0.15) is 5.10 Å². The third-order valence-electron chi connectivity index (χ3n) is 4.45. The van der Waals surface area contributed by atoms with E-state index in [0.29, 0.717) is 5.92 Å². The summed E-state index contributed by atoms with van der Waals surface area (Å²) in [6.07, 6.45) is 11.0. The van der Waals surface area contributed by atoms with E-state index in [-0.39, 0.29) is 11.6 Å². The van der Waals surface area contributed by atoms with Crippen LogP contribution < -0.4 is 5.32 Å². The van der Waals surface area contributed by atoms with Crippen molar-refractivity contribution in [3.05, 3.63) is 18.0 Å². The maximum absolute atomic E-state index is 9.95. The van der Waals surface area contributed by atoms with Crippen LogP contribution >= 0.6 is 0 Å². The molecule has 0 aromatic carbocycles. The van der Waals surface area contributed by atoms with Gasteiger partial charge in [-0.05, 0) is 58.9 Å². The molecular formula is C17H31N3O. The van der Waals surface area contributed by atoms with Crippen LogP contribution in [0.25, 0.3) is 0 Å². The monoisotopic (exact) mass is 293 g/mol. The highest BCUT2D eigenvalue weighted by molar-refractivity contribution is 5.04. The minimum absolute atomic E-state index is 0.0510. The van der Waals surface area contributed by atoms with E-state index in [1.54, 1.807) is 0 Å². The lowest BCUT2D eigenvalue weighted by Crippen LogP contribution is -2.25. The molecule has 0 saturated heterocycles. The highest BCUT2D eigenvalue weighted by atomic mass is 16.3. The van der Waals surface area contributed by atoms with Gasteiger partial charge in [0.1, 0.15) is 0 Å². The molecule has 21 heavy (non-hydrogen) atoms. The summed E-state index contributed by atoms with van der Waals surface area (Å²) in [5, 5.41) is 17.9. The van der Waals surface area contributed by atoms with Gasteiger partial charge in [0, 0.05) is 18.3 Å². The molecule has 0 bridgehead atoms. The number of aliphatic hydroxyl groups is 1. The SMILES string of the molecule is CC(C)(C)n1cc(CNCCCC2CCCCC2O)cn1. The van der Waals surface area contributed by atoms with Gasteiger partial charge < -0.3 is 10.4 Å². The Balaban J connectivity index is 1.62. The topological polar surface area (TPSA) is 50.1 Å². The second kappa shape index (κ2) is 7.41. The molecule has 0 aliphatic heterocycles. The van der Waals surface area contributed by atoms with Gasteiger partial charge >= 0.3 is 0 Å².